The SMILES string of the molecule is CN=C(NC1CC1C)N1CCN(C(C)C(=O)N2CCCC2)CC1.I. The molecule has 0 spiro atoms. The first-order chi connectivity index (χ1) is 11.1. The fourth-order valence-corrected chi connectivity index (χ4v) is 3.67. The summed E-state index contributed by atoms with van der Waals surface area (Å²) in [7, 11) is 1.86. The van der Waals surface area contributed by atoms with E-state index >= 15 is 0 Å². The van der Waals surface area contributed by atoms with Gasteiger partial charge in [-0.3, -0.25) is 14.7 Å². The highest BCUT2D eigenvalue weighted by Gasteiger charge is 2.35. The lowest BCUT2D eigenvalue weighted by Crippen LogP contribution is -2.57. The number of nitrogens with one attached hydrogen (secondary N) is 1. The summed E-state index contributed by atoms with van der Waals surface area (Å²) in [5.74, 6) is 2.11. The highest BCUT2D eigenvalue weighted by Crippen LogP contribution is 2.29. The molecule has 1 amide bonds. The minimum absolute atomic E-state index is 0. The van der Waals surface area contributed by atoms with Gasteiger partial charge in [0.05, 0.1) is 6.04 Å². The van der Waals surface area contributed by atoms with Crippen LogP contribution in [0.4, 0.5) is 0 Å². The minimum atomic E-state index is 0. The molecule has 7 heteroatoms. The Balaban J connectivity index is 0.00000208. The van der Waals surface area contributed by atoms with Crippen LogP contribution in [0.5, 0.6) is 0 Å². The zero-order chi connectivity index (χ0) is 16.4. The summed E-state index contributed by atoms with van der Waals surface area (Å²) in [6.45, 7) is 9.97. The summed E-state index contributed by atoms with van der Waals surface area (Å²) in [6.07, 6.45) is 3.57. The molecular weight excluding hydrogens is 417 g/mol. The molecule has 1 saturated carbocycles. The van der Waals surface area contributed by atoms with Crippen molar-refractivity contribution in [1.29, 1.82) is 0 Å². The average Bonchev–Trinajstić information content (AvgIpc) is 3.05. The molecule has 2 saturated heterocycles. The van der Waals surface area contributed by atoms with Gasteiger partial charge in [-0.05, 0) is 32.1 Å². The fraction of sp³-hybridized carbons (Fsp3) is 0.882. The predicted octanol–water partition coefficient (Wildman–Crippen LogP) is 1.22. The molecule has 3 atom stereocenters. The molecule has 1 aliphatic carbocycles. The summed E-state index contributed by atoms with van der Waals surface area (Å²) in [5.41, 5.74) is 0. The van der Waals surface area contributed by atoms with Crippen molar-refractivity contribution in [1.82, 2.24) is 20.0 Å². The van der Waals surface area contributed by atoms with Crippen LogP contribution < -0.4 is 5.32 Å². The number of hydrogen-bond acceptors (Lipinski definition) is 3. The third kappa shape index (κ3) is 4.53. The van der Waals surface area contributed by atoms with Gasteiger partial charge in [-0.25, -0.2) is 0 Å². The van der Waals surface area contributed by atoms with Crippen molar-refractivity contribution in [3.8, 4) is 0 Å². The van der Waals surface area contributed by atoms with Gasteiger partial charge < -0.3 is 15.1 Å². The number of carbonyl (C=O) groups is 1. The number of rotatable bonds is 3. The average molecular weight is 449 g/mol. The van der Waals surface area contributed by atoms with Crippen LogP contribution in [0.2, 0.25) is 0 Å². The first kappa shape index (κ1) is 19.8. The van der Waals surface area contributed by atoms with Crippen LogP contribution in [0.3, 0.4) is 0 Å². The van der Waals surface area contributed by atoms with Crippen LogP contribution in [0.1, 0.15) is 33.1 Å². The molecular formula is C17H32IN5O. The standard InChI is InChI=1S/C17H31N5O.HI/c1-13-12-15(13)19-17(18-3)22-10-8-20(9-11-22)14(2)16(23)21-6-4-5-7-21;/h13-15H,4-12H2,1-3H3,(H,18,19);1H. The lowest BCUT2D eigenvalue weighted by atomic mass is 10.2. The second kappa shape index (κ2) is 8.69. The molecule has 2 aliphatic heterocycles. The molecule has 6 nitrogen and oxygen atoms in total. The van der Waals surface area contributed by atoms with E-state index in [1.165, 1.54) is 6.42 Å². The van der Waals surface area contributed by atoms with Gasteiger partial charge in [0.15, 0.2) is 5.96 Å². The number of aliphatic imine (C=N–C) groups is 1. The van der Waals surface area contributed by atoms with Gasteiger partial charge in [-0.2, -0.15) is 0 Å². The fourth-order valence-electron chi connectivity index (χ4n) is 3.67. The summed E-state index contributed by atoms with van der Waals surface area (Å²) in [6, 6.07) is 0.607. The smallest absolute Gasteiger partial charge is 0.239 e. The molecule has 0 radical (unpaired) electrons. The number of nitrogens with zero attached hydrogens (tertiary/aromatic N) is 4. The largest absolute Gasteiger partial charge is 0.353 e. The Bertz CT molecular complexity index is 458. The highest BCUT2D eigenvalue weighted by atomic mass is 127. The summed E-state index contributed by atoms with van der Waals surface area (Å²) in [4.78, 5) is 23.7. The van der Waals surface area contributed by atoms with Crippen molar-refractivity contribution in [2.75, 3.05) is 46.3 Å². The Morgan fingerprint density at radius 1 is 1.08 bits per heavy atom. The normalized spacial score (nSPS) is 29.2. The van der Waals surface area contributed by atoms with E-state index in [0.717, 1.165) is 64.0 Å². The van der Waals surface area contributed by atoms with E-state index in [-0.39, 0.29) is 30.0 Å². The maximum Gasteiger partial charge on any atom is 0.239 e. The van der Waals surface area contributed by atoms with Crippen molar-refractivity contribution in [3.63, 3.8) is 0 Å². The van der Waals surface area contributed by atoms with Crippen LogP contribution in [-0.2, 0) is 4.79 Å². The van der Waals surface area contributed by atoms with Gasteiger partial charge >= 0.3 is 0 Å². The lowest BCUT2D eigenvalue weighted by molar-refractivity contribution is -0.135. The molecule has 3 fully saturated rings. The quantitative estimate of drug-likeness (QED) is 0.400. The van der Waals surface area contributed by atoms with Crippen molar-refractivity contribution >= 4 is 35.8 Å². The van der Waals surface area contributed by atoms with E-state index in [2.05, 4.69) is 34.0 Å². The number of halogens is 1. The van der Waals surface area contributed by atoms with Crippen LogP contribution in [0.15, 0.2) is 4.99 Å². The van der Waals surface area contributed by atoms with Crippen LogP contribution in [0.25, 0.3) is 0 Å². The second-order valence-electron chi connectivity index (χ2n) is 7.24. The second-order valence-corrected chi connectivity index (χ2v) is 7.24. The first-order valence-corrected chi connectivity index (χ1v) is 9.11. The number of likely N-dealkylation sites (tertiary alicyclic amines) is 1. The number of hydrogen-bond donors (Lipinski definition) is 1. The maximum absolute atomic E-state index is 12.5. The van der Waals surface area contributed by atoms with E-state index < -0.39 is 0 Å². The molecule has 0 aromatic heterocycles. The van der Waals surface area contributed by atoms with Crippen LogP contribution >= 0.6 is 24.0 Å². The Morgan fingerprint density at radius 2 is 1.67 bits per heavy atom. The number of amides is 1. The third-order valence-electron chi connectivity index (χ3n) is 5.57. The van der Waals surface area contributed by atoms with Gasteiger partial charge in [-0.1, -0.05) is 6.92 Å². The Labute approximate surface area is 163 Å². The minimum Gasteiger partial charge on any atom is -0.353 e. The zero-order valence-electron chi connectivity index (χ0n) is 15.2. The van der Waals surface area contributed by atoms with Gasteiger partial charge in [0.25, 0.3) is 0 Å². The van der Waals surface area contributed by atoms with Gasteiger partial charge in [0.1, 0.15) is 0 Å². The number of piperazine rings is 1. The summed E-state index contributed by atoms with van der Waals surface area (Å²) < 4.78 is 0. The Hall–Kier alpha value is -0.570. The molecule has 1 N–H and O–H groups in total. The highest BCUT2D eigenvalue weighted by molar-refractivity contribution is 14.0. The molecule has 24 heavy (non-hydrogen) atoms. The molecule has 3 rings (SSSR count). The molecule has 0 aromatic carbocycles. The topological polar surface area (TPSA) is 51.2 Å². The van der Waals surface area contributed by atoms with Gasteiger partial charge in [0.2, 0.25) is 5.91 Å². The van der Waals surface area contributed by atoms with Gasteiger partial charge in [-0.15, -0.1) is 24.0 Å². The van der Waals surface area contributed by atoms with Crippen LogP contribution in [-0.4, -0.2) is 85.0 Å². The number of carbonyl (C=O) groups excluding carboxylic acids is 1. The third-order valence-corrected chi connectivity index (χ3v) is 5.57. The van der Waals surface area contributed by atoms with Gasteiger partial charge in [0, 0.05) is 52.4 Å². The summed E-state index contributed by atoms with van der Waals surface area (Å²) in [5, 5.41) is 3.55. The van der Waals surface area contributed by atoms with Crippen molar-refractivity contribution in [3.05, 3.63) is 0 Å². The monoisotopic (exact) mass is 449 g/mol. The van der Waals surface area contributed by atoms with Crippen molar-refractivity contribution in [2.24, 2.45) is 10.9 Å². The molecule has 138 valence electrons. The molecule has 2 heterocycles. The van der Waals surface area contributed by atoms with E-state index in [4.69, 9.17) is 0 Å². The molecule has 0 aromatic rings. The Kier molecular flexibility index (Phi) is 7.15. The molecule has 3 unspecified atom stereocenters. The molecule has 0 bridgehead atoms. The Morgan fingerprint density at radius 3 is 2.17 bits per heavy atom. The van der Waals surface area contributed by atoms with Crippen LogP contribution in [0, 0.1) is 5.92 Å². The van der Waals surface area contributed by atoms with Crippen molar-refractivity contribution in [2.45, 2.75) is 45.2 Å². The summed E-state index contributed by atoms with van der Waals surface area (Å²) >= 11 is 0. The van der Waals surface area contributed by atoms with E-state index in [1.807, 2.05) is 11.9 Å². The number of guanidine groups is 1. The molecule has 3 aliphatic rings. The van der Waals surface area contributed by atoms with E-state index in [1.54, 1.807) is 0 Å². The van der Waals surface area contributed by atoms with E-state index in [9.17, 15) is 4.79 Å². The predicted molar refractivity (Wildman–Crippen MR) is 108 cm³/mol. The first-order valence-electron chi connectivity index (χ1n) is 9.11. The van der Waals surface area contributed by atoms with Crippen molar-refractivity contribution < 1.29 is 4.79 Å². The zero-order valence-corrected chi connectivity index (χ0v) is 17.5. The maximum atomic E-state index is 12.5. The van der Waals surface area contributed by atoms with E-state index in [0.29, 0.717) is 11.9 Å². The lowest BCUT2D eigenvalue weighted by Gasteiger charge is -2.39.